The summed E-state index contributed by atoms with van der Waals surface area (Å²) in [6.45, 7) is 2.02. The molecule has 0 amide bonds. The molecule has 0 saturated carbocycles. The summed E-state index contributed by atoms with van der Waals surface area (Å²) in [5, 5.41) is 0. The van der Waals surface area contributed by atoms with Crippen LogP contribution in [-0.2, 0) is 6.42 Å². The van der Waals surface area contributed by atoms with E-state index in [0.717, 1.165) is 23.4 Å². The number of anilines is 1. The highest BCUT2D eigenvalue weighted by molar-refractivity contribution is 5.60. The van der Waals surface area contributed by atoms with Crippen molar-refractivity contribution in [3.8, 4) is 11.3 Å². The molecule has 0 aliphatic carbocycles. The summed E-state index contributed by atoms with van der Waals surface area (Å²) in [5.41, 5.74) is 7.36. The lowest BCUT2D eigenvalue weighted by atomic mass is 10.2. The van der Waals surface area contributed by atoms with E-state index in [1.54, 1.807) is 0 Å². The van der Waals surface area contributed by atoms with E-state index in [1.807, 2.05) is 25.4 Å². The zero-order valence-corrected chi connectivity index (χ0v) is 7.37. The Morgan fingerprint density at radius 1 is 1.62 bits per heavy atom. The number of nitrogens with two attached hydrogens (primary N) is 1. The molecule has 2 aromatic rings. The van der Waals surface area contributed by atoms with Crippen molar-refractivity contribution in [3.05, 3.63) is 24.2 Å². The zero-order valence-electron chi connectivity index (χ0n) is 7.37. The van der Waals surface area contributed by atoms with Crippen LogP contribution < -0.4 is 5.73 Å². The summed E-state index contributed by atoms with van der Waals surface area (Å²) in [6.07, 6.45) is 4.52. The Labute approximate surface area is 75.8 Å². The first kappa shape index (κ1) is 7.91. The minimum Gasteiger partial charge on any atom is -0.423 e. The molecule has 0 spiro atoms. The van der Waals surface area contributed by atoms with Gasteiger partial charge in [-0.25, -0.2) is 0 Å². The average molecular weight is 177 g/mol. The van der Waals surface area contributed by atoms with Crippen molar-refractivity contribution < 1.29 is 4.42 Å². The molecule has 0 aromatic carbocycles. The Hall–Kier alpha value is -1.71. The van der Waals surface area contributed by atoms with Crippen LogP contribution in [0.1, 0.15) is 12.6 Å². The standard InChI is InChI=1S/C9H11N3O/c1-2-7-8(13-9(10)12-7)6-3-4-11-5-6/h3-5,11H,2H2,1H3,(H2,10,12). The van der Waals surface area contributed by atoms with Crippen molar-refractivity contribution in [2.75, 3.05) is 5.73 Å². The number of aromatic amines is 1. The predicted octanol–water partition coefficient (Wildman–Crippen LogP) is 1.81. The summed E-state index contributed by atoms with van der Waals surface area (Å²) in [6, 6.07) is 2.16. The number of nitrogen functional groups attached to an aromatic ring is 1. The number of hydrogen-bond donors (Lipinski definition) is 2. The maximum atomic E-state index is 5.47. The molecule has 0 aliphatic heterocycles. The molecule has 68 valence electrons. The SMILES string of the molecule is CCc1nc(N)oc1-c1cc[nH]c1. The van der Waals surface area contributed by atoms with Crippen LogP contribution in [-0.4, -0.2) is 9.97 Å². The van der Waals surface area contributed by atoms with Gasteiger partial charge in [0, 0.05) is 18.0 Å². The van der Waals surface area contributed by atoms with Gasteiger partial charge in [-0.2, -0.15) is 4.98 Å². The van der Waals surface area contributed by atoms with Crippen LogP contribution in [0.15, 0.2) is 22.9 Å². The molecule has 0 aliphatic rings. The Balaban J connectivity index is 2.50. The maximum absolute atomic E-state index is 5.47. The summed E-state index contributed by atoms with van der Waals surface area (Å²) >= 11 is 0. The molecule has 2 heterocycles. The van der Waals surface area contributed by atoms with E-state index in [1.165, 1.54) is 0 Å². The maximum Gasteiger partial charge on any atom is 0.292 e. The van der Waals surface area contributed by atoms with E-state index in [2.05, 4.69) is 9.97 Å². The van der Waals surface area contributed by atoms with E-state index in [0.29, 0.717) is 0 Å². The van der Waals surface area contributed by atoms with Gasteiger partial charge in [0.2, 0.25) is 0 Å². The first-order valence-corrected chi connectivity index (χ1v) is 4.19. The predicted molar refractivity (Wildman–Crippen MR) is 50.1 cm³/mol. The van der Waals surface area contributed by atoms with Crippen molar-refractivity contribution in [1.29, 1.82) is 0 Å². The number of aryl methyl sites for hydroxylation is 1. The van der Waals surface area contributed by atoms with Gasteiger partial charge in [-0.15, -0.1) is 0 Å². The van der Waals surface area contributed by atoms with Crippen molar-refractivity contribution in [3.63, 3.8) is 0 Å². The molecular formula is C9H11N3O. The number of rotatable bonds is 2. The molecular weight excluding hydrogens is 166 g/mol. The van der Waals surface area contributed by atoms with Crippen LogP contribution in [0.3, 0.4) is 0 Å². The second-order valence-electron chi connectivity index (χ2n) is 2.78. The highest BCUT2D eigenvalue weighted by Crippen LogP contribution is 2.25. The fraction of sp³-hybridized carbons (Fsp3) is 0.222. The lowest BCUT2D eigenvalue weighted by molar-refractivity contribution is 0.593. The molecule has 0 atom stereocenters. The number of aromatic nitrogens is 2. The molecule has 0 unspecified atom stereocenters. The Morgan fingerprint density at radius 3 is 3.08 bits per heavy atom. The smallest absolute Gasteiger partial charge is 0.292 e. The molecule has 4 nitrogen and oxygen atoms in total. The molecule has 2 rings (SSSR count). The normalized spacial score (nSPS) is 10.5. The third-order valence-corrected chi connectivity index (χ3v) is 1.91. The van der Waals surface area contributed by atoms with Gasteiger partial charge in [-0.3, -0.25) is 0 Å². The van der Waals surface area contributed by atoms with Gasteiger partial charge in [0.1, 0.15) is 0 Å². The number of H-pyrrole nitrogens is 1. The number of nitrogens with zero attached hydrogens (tertiary/aromatic N) is 1. The third kappa shape index (κ3) is 1.30. The quantitative estimate of drug-likeness (QED) is 0.735. The van der Waals surface area contributed by atoms with Crippen LogP contribution in [0.4, 0.5) is 6.01 Å². The van der Waals surface area contributed by atoms with Gasteiger partial charge in [0.05, 0.1) is 5.69 Å². The Bertz CT molecular complexity index is 389. The van der Waals surface area contributed by atoms with Gasteiger partial charge >= 0.3 is 0 Å². The molecule has 3 N–H and O–H groups in total. The van der Waals surface area contributed by atoms with Crippen molar-refractivity contribution >= 4 is 6.01 Å². The van der Waals surface area contributed by atoms with Crippen LogP contribution >= 0.6 is 0 Å². The first-order valence-electron chi connectivity index (χ1n) is 4.19. The minimum atomic E-state index is 0.230. The third-order valence-electron chi connectivity index (χ3n) is 1.91. The van der Waals surface area contributed by atoms with Crippen LogP contribution in [0.25, 0.3) is 11.3 Å². The van der Waals surface area contributed by atoms with E-state index in [-0.39, 0.29) is 6.01 Å². The monoisotopic (exact) mass is 177 g/mol. The fourth-order valence-electron chi connectivity index (χ4n) is 1.30. The molecule has 13 heavy (non-hydrogen) atoms. The largest absolute Gasteiger partial charge is 0.423 e. The Kier molecular flexibility index (Phi) is 1.81. The van der Waals surface area contributed by atoms with Gasteiger partial charge in [-0.1, -0.05) is 6.92 Å². The highest BCUT2D eigenvalue weighted by Gasteiger charge is 2.11. The second kappa shape index (κ2) is 2.97. The average Bonchev–Trinajstić information content (AvgIpc) is 2.71. The van der Waals surface area contributed by atoms with E-state index >= 15 is 0 Å². The molecule has 0 saturated heterocycles. The highest BCUT2D eigenvalue weighted by atomic mass is 16.4. The van der Waals surface area contributed by atoms with Gasteiger partial charge in [0.25, 0.3) is 6.01 Å². The lowest BCUT2D eigenvalue weighted by Gasteiger charge is -1.92. The van der Waals surface area contributed by atoms with Crippen LogP contribution in [0.5, 0.6) is 0 Å². The van der Waals surface area contributed by atoms with E-state index < -0.39 is 0 Å². The summed E-state index contributed by atoms with van der Waals surface area (Å²) in [7, 11) is 0. The van der Waals surface area contributed by atoms with Gasteiger partial charge in [0.15, 0.2) is 5.76 Å². The topological polar surface area (TPSA) is 67.8 Å². The fourth-order valence-corrected chi connectivity index (χ4v) is 1.30. The number of nitrogens with one attached hydrogen (secondary N) is 1. The van der Waals surface area contributed by atoms with Crippen molar-refractivity contribution in [2.24, 2.45) is 0 Å². The van der Waals surface area contributed by atoms with Crippen LogP contribution in [0, 0.1) is 0 Å². The molecule has 0 radical (unpaired) electrons. The van der Waals surface area contributed by atoms with E-state index in [9.17, 15) is 0 Å². The van der Waals surface area contributed by atoms with Crippen molar-refractivity contribution in [1.82, 2.24) is 9.97 Å². The number of hydrogen-bond acceptors (Lipinski definition) is 3. The first-order chi connectivity index (χ1) is 6.31. The van der Waals surface area contributed by atoms with Gasteiger partial charge < -0.3 is 15.1 Å². The second-order valence-corrected chi connectivity index (χ2v) is 2.78. The van der Waals surface area contributed by atoms with E-state index in [4.69, 9.17) is 10.2 Å². The summed E-state index contributed by atoms with van der Waals surface area (Å²) in [5.74, 6) is 0.765. The lowest BCUT2D eigenvalue weighted by Crippen LogP contribution is -1.85. The minimum absolute atomic E-state index is 0.230. The molecule has 4 heteroatoms. The van der Waals surface area contributed by atoms with Crippen molar-refractivity contribution in [2.45, 2.75) is 13.3 Å². The molecule has 0 fully saturated rings. The number of oxazole rings is 1. The van der Waals surface area contributed by atoms with Gasteiger partial charge in [-0.05, 0) is 12.5 Å². The zero-order chi connectivity index (χ0) is 9.26. The summed E-state index contributed by atoms with van der Waals surface area (Å²) in [4.78, 5) is 7.04. The van der Waals surface area contributed by atoms with Crippen LogP contribution in [0.2, 0.25) is 0 Å². The summed E-state index contributed by atoms with van der Waals surface area (Å²) < 4.78 is 5.30. The molecule has 0 bridgehead atoms. The molecule has 2 aromatic heterocycles. The Morgan fingerprint density at radius 2 is 2.46 bits per heavy atom.